The molecular weight excluding hydrogens is 411 g/mol. The van der Waals surface area contributed by atoms with E-state index in [-0.39, 0.29) is 33.3 Å². The zero-order valence-corrected chi connectivity index (χ0v) is 17.3. The second-order valence-electron chi connectivity index (χ2n) is 8.15. The number of fused-ring (bicyclic) bond motifs is 2. The van der Waals surface area contributed by atoms with Gasteiger partial charge in [0.1, 0.15) is 5.69 Å². The number of aromatic nitrogens is 3. The summed E-state index contributed by atoms with van der Waals surface area (Å²) in [5, 5.41) is 2.44. The number of halogens is 2. The van der Waals surface area contributed by atoms with Gasteiger partial charge >= 0.3 is 0 Å². The first kappa shape index (κ1) is 19.3. The number of carbonyl (C=O) groups is 1. The van der Waals surface area contributed by atoms with Gasteiger partial charge < -0.3 is 14.8 Å². The van der Waals surface area contributed by atoms with Crippen molar-refractivity contribution in [1.29, 1.82) is 0 Å². The summed E-state index contributed by atoms with van der Waals surface area (Å²) in [6.45, 7) is 4.94. The van der Waals surface area contributed by atoms with Gasteiger partial charge in [-0.25, -0.2) is 14.4 Å². The minimum absolute atomic E-state index is 0.0191. The molecule has 3 fully saturated rings. The molecule has 0 radical (unpaired) electrons. The van der Waals surface area contributed by atoms with Crippen LogP contribution in [-0.2, 0) is 10.2 Å². The Kier molecular flexibility index (Phi) is 4.27. The number of nitrogens with one attached hydrogen (secondary N) is 1. The molecule has 0 atom stereocenters. The summed E-state index contributed by atoms with van der Waals surface area (Å²) in [7, 11) is 0. The molecule has 6 rings (SSSR count). The standard InChI is InChI=1S/C21H20ClFN4O3/c1-3-29-19-17-26-15(21-9-20(2,10-21)30-11-21)8-27(17)7-14(25-19)18(28)24-13-6-4-5-12(22)16(13)23/h4-8H,3,9-11H2,1-2H3,(H,24,28). The van der Waals surface area contributed by atoms with Gasteiger partial charge in [-0.1, -0.05) is 17.7 Å². The summed E-state index contributed by atoms with van der Waals surface area (Å²) in [5.41, 5.74) is 1.33. The number of carbonyl (C=O) groups excluding carboxylic acids is 1. The number of nitrogens with zero attached hydrogens (tertiary/aromatic N) is 3. The lowest BCUT2D eigenvalue weighted by molar-refractivity contribution is 0.0154. The van der Waals surface area contributed by atoms with Gasteiger partial charge in [0.15, 0.2) is 5.82 Å². The van der Waals surface area contributed by atoms with Crippen LogP contribution in [0.2, 0.25) is 5.02 Å². The molecule has 2 aromatic heterocycles. The lowest BCUT2D eigenvalue weighted by atomic mass is 9.62. The van der Waals surface area contributed by atoms with E-state index in [9.17, 15) is 9.18 Å². The van der Waals surface area contributed by atoms with Crippen LogP contribution in [0.3, 0.4) is 0 Å². The molecule has 0 spiro atoms. The van der Waals surface area contributed by atoms with Crippen LogP contribution in [0.5, 0.6) is 5.88 Å². The van der Waals surface area contributed by atoms with E-state index in [0.717, 1.165) is 18.5 Å². The molecule has 9 heteroatoms. The smallest absolute Gasteiger partial charge is 0.276 e. The fourth-order valence-electron chi connectivity index (χ4n) is 4.51. The van der Waals surface area contributed by atoms with Crippen LogP contribution in [0.1, 0.15) is 42.9 Å². The summed E-state index contributed by atoms with van der Waals surface area (Å²) >= 11 is 5.79. The molecule has 1 aromatic carbocycles. The highest BCUT2D eigenvalue weighted by Gasteiger charge is 2.61. The van der Waals surface area contributed by atoms with Crippen molar-refractivity contribution in [2.45, 2.75) is 37.7 Å². The highest BCUT2D eigenvalue weighted by Crippen LogP contribution is 2.58. The molecule has 4 heterocycles. The Morgan fingerprint density at radius 3 is 2.87 bits per heavy atom. The first-order chi connectivity index (χ1) is 14.3. The number of hydrogen-bond donors (Lipinski definition) is 1. The van der Waals surface area contributed by atoms with E-state index in [4.69, 9.17) is 26.1 Å². The maximum atomic E-state index is 14.2. The molecular formula is C21H20ClFN4O3. The molecule has 7 nitrogen and oxygen atoms in total. The fraction of sp³-hybridized carbons (Fsp3) is 0.381. The average Bonchev–Trinajstić information content (AvgIpc) is 3.36. The predicted octanol–water partition coefficient (Wildman–Crippen LogP) is 3.99. The molecule has 2 aliphatic heterocycles. The molecule has 30 heavy (non-hydrogen) atoms. The molecule has 1 aliphatic carbocycles. The van der Waals surface area contributed by atoms with Crippen molar-refractivity contribution < 1.29 is 18.7 Å². The lowest BCUT2D eigenvalue weighted by Gasteiger charge is -2.41. The first-order valence-corrected chi connectivity index (χ1v) is 10.1. The van der Waals surface area contributed by atoms with Crippen molar-refractivity contribution in [3.05, 3.63) is 52.8 Å². The number of ether oxygens (including phenoxy) is 2. The third-order valence-electron chi connectivity index (χ3n) is 5.79. The van der Waals surface area contributed by atoms with Gasteiger partial charge in [-0.3, -0.25) is 9.20 Å². The van der Waals surface area contributed by atoms with E-state index >= 15 is 0 Å². The van der Waals surface area contributed by atoms with Crippen molar-refractivity contribution in [1.82, 2.24) is 14.4 Å². The SMILES string of the molecule is CCOc1nc(C(=O)Nc2cccc(Cl)c2F)cn2cc(C34COC(C)(C3)C4)nc12. The maximum absolute atomic E-state index is 14.2. The van der Waals surface area contributed by atoms with Crippen LogP contribution in [0.25, 0.3) is 5.65 Å². The topological polar surface area (TPSA) is 77.8 Å². The van der Waals surface area contributed by atoms with Gasteiger partial charge in [0.25, 0.3) is 11.8 Å². The minimum atomic E-state index is -0.697. The van der Waals surface area contributed by atoms with E-state index in [1.165, 1.54) is 12.1 Å². The van der Waals surface area contributed by atoms with E-state index < -0.39 is 11.7 Å². The van der Waals surface area contributed by atoms with Crippen LogP contribution in [0.15, 0.2) is 30.6 Å². The Bertz CT molecular complexity index is 1170. The van der Waals surface area contributed by atoms with Gasteiger partial charge in [-0.05, 0) is 38.8 Å². The average molecular weight is 431 g/mol. The number of hydrogen-bond acceptors (Lipinski definition) is 5. The van der Waals surface area contributed by atoms with E-state index in [1.54, 1.807) is 16.7 Å². The van der Waals surface area contributed by atoms with Crippen LogP contribution in [-0.4, -0.2) is 39.1 Å². The molecule has 1 N–H and O–H groups in total. The first-order valence-electron chi connectivity index (χ1n) is 9.75. The van der Waals surface area contributed by atoms with E-state index in [2.05, 4.69) is 17.2 Å². The summed E-state index contributed by atoms with van der Waals surface area (Å²) in [4.78, 5) is 21.8. The van der Waals surface area contributed by atoms with E-state index in [1.807, 2.05) is 13.1 Å². The zero-order valence-electron chi connectivity index (χ0n) is 16.5. The van der Waals surface area contributed by atoms with Crippen LogP contribution < -0.4 is 10.1 Å². The quantitative estimate of drug-likeness (QED) is 0.662. The Balaban J connectivity index is 1.51. The van der Waals surface area contributed by atoms with Gasteiger partial charge in [-0.2, -0.15) is 0 Å². The highest BCUT2D eigenvalue weighted by atomic mass is 35.5. The molecule has 2 saturated heterocycles. The van der Waals surface area contributed by atoms with Crippen molar-refractivity contribution in [3.63, 3.8) is 0 Å². The van der Waals surface area contributed by atoms with Gasteiger partial charge in [0, 0.05) is 17.8 Å². The Morgan fingerprint density at radius 1 is 1.37 bits per heavy atom. The van der Waals surface area contributed by atoms with Crippen LogP contribution in [0.4, 0.5) is 10.1 Å². The number of imidazole rings is 1. The Morgan fingerprint density at radius 2 is 2.17 bits per heavy atom. The third-order valence-corrected chi connectivity index (χ3v) is 6.08. The minimum Gasteiger partial charge on any atom is -0.475 e. The maximum Gasteiger partial charge on any atom is 0.276 e. The van der Waals surface area contributed by atoms with Gasteiger partial charge in [-0.15, -0.1) is 0 Å². The molecule has 3 aliphatic rings. The van der Waals surface area contributed by atoms with Crippen molar-refractivity contribution in [2.75, 3.05) is 18.5 Å². The number of amides is 1. The van der Waals surface area contributed by atoms with Crippen LogP contribution >= 0.6 is 11.6 Å². The van der Waals surface area contributed by atoms with Gasteiger partial charge in [0.05, 0.1) is 35.2 Å². The molecule has 3 aromatic rings. The Labute approximate surface area is 177 Å². The predicted molar refractivity (Wildman–Crippen MR) is 109 cm³/mol. The highest BCUT2D eigenvalue weighted by molar-refractivity contribution is 6.31. The zero-order chi connectivity index (χ0) is 21.1. The summed E-state index contributed by atoms with van der Waals surface area (Å²) in [5.74, 6) is -1.02. The van der Waals surface area contributed by atoms with Crippen molar-refractivity contribution in [2.24, 2.45) is 0 Å². The monoisotopic (exact) mass is 430 g/mol. The third kappa shape index (κ3) is 2.94. The van der Waals surface area contributed by atoms with Crippen molar-refractivity contribution >= 4 is 28.8 Å². The second-order valence-corrected chi connectivity index (χ2v) is 8.56. The largest absolute Gasteiger partial charge is 0.475 e. The lowest BCUT2D eigenvalue weighted by Crippen LogP contribution is -2.45. The summed E-state index contributed by atoms with van der Waals surface area (Å²) in [6, 6.07) is 4.40. The second kappa shape index (κ2) is 6.65. The molecule has 156 valence electrons. The summed E-state index contributed by atoms with van der Waals surface area (Å²) < 4.78 is 27.4. The van der Waals surface area contributed by atoms with Crippen molar-refractivity contribution in [3.8, 4) is 5.88 Å². The molecule has 0 unspecified atom stereocenters. The number of anilines is 1. The van der Waals surface area contributed by atoms with Crippen LogP contribution in [0, 0.1) is 5.82 Å². The molecule has 1 saturated carbocycles. The van der Waals surface area contributed by atoms with Gasteiger partial charge in [0.2, 0.25) is 5.65 Å². The number of benzene rings is 1. The molecule has 2 bridgehead atoms. The fourth-order valence-corrected chi connectivity index (χ4v) is 4.68. The molecule has 1 amide bonds. The number of rotatable bonds is 5. The summed E-state index contributed by atoms with van der Waals surface area (Å²) in [6.07, 6.45) is 5.30. The van der Waals surface area contributed by atoms with E-state index in [0.29, 0.717) is 18.9 Å². The normalized spacial score (nSPS) is 24.7. The Hall–Kier alpha value is -2.71.